The van der Waals surface area contributed by atoms with Crippen LogP contribution in [0.3, 0.4) is 0 Å². The summed E-state index contributed by atoms with van der Waals surface area (Å²) in [6.45, 7) is 6.22. The number of rotatable bonds is 8. The summed E-state index contributed by atoms with van der Waals surface area (Å²) in [5, 5.41) is 0. The van der Waals surface area contributed by atoms with Crippen molar-refractivity contribution < 1.29 is 19.1 Å². The largest absolute Gasteiger partial charge is 0.465 e. The quantitative estimate of drug-likeness (QED) is 0.390. The van der Waals surface area contributed by atoms with Crippen LogP contribution in [0.2, 0.25) is 0 Å². The highest BCUT2D eigenvalue weighted by Crippen LogP contribution is 2.50. The summed E-state index contributed by atoms with van der Waals surface area (Å²) in [6.07, 6.45) is 1.99. The van der Waals surface area contributed by atoms with Gasteiger partial charge in [0, 0.05) is 10.6 Å². The van der Waals surface area contributed by atoms with Crippen LogP contribution < -0.4 is 0 Å². The highest BCUT2D eigenvalue weighted by atomic mass is 32.2. The van der Waals surface area contributed by atoms with Crippen molar-refractivity contribution in [2.24, 2.45) is 17.3 Å². The van der Waals surface area contributed by atoms with E-state index in [4.69, 9.17) is 9.47 Å². The minimum atomic E-state index is -1.13. The molecule has 1 aromatic rings. The maximum absolute atomic E-state index is 12.6. The summed E-state index contributed by atoms with van der Waals surface area (Å²) in [4.78, 5) is 26.5. The standard InChI is InChI=1S/C20H28O4S/c1-4-15-12-20(18(21)23-5-2,19(22)24-6-3)13-16(15)14-25-17-10-8-7-9-11-17/h7-11,15-16H,4-6,12-14H2,1-3H3. The fourth-order valence-corrected chi connectivity index (χ4v) is 4.81. The van der Waals surface area contributed by atoms with Gasteiger partial charge < -0.3 is 9.47 Å². The molecule has 0 radical (unpaired) electrons. The first-order valence-electron chi connectivity index (χ1n) is 9.09. The van der Waals surface area contributed by atoms with Crippen LogP contribution in [0.15, 0.2) is 35.2 Å². The zero-order chi connectivity index (χ0) is 18.3. The molecule has 0 spiro atoms. The highest BCUT2D eigenvalue weighted by molar-refractivity contribution is 7.99. The number of esters is 2. The number of ether oxygens (including phenoxy) is 2. The molecule has 2 rings (SSSR count). The van der Waals surface area contributed by atoms with E-state index in [2.05, 4.69) is 19.1 Å². The van der Waals surface area contributed by atoms with E-state index in [1.807, 2.05) is 18.2 Å². The number of carbonyl (C=O) groups excluding carboxylic acids is 2. The smallest absolute Gasteiger partial charge is 0.323 e. The minimum absolute atomic E-state index is 0.278. The maximum Gasteiger partial charge on any atom is 0.323 e. The van der Waals surface area contributed by atoms with Crippen LogP contribution in [0.1, 0.15) is 40.0 Å². The Morgan fingerprint density at radius 2 is 1.56 bits per heavy atom. The van der Waals surface area contributed by atoms with Crippen LogP contribution in [-0.2, 0) is 19.1 Å². The van der Waals surface area contributed by atoms with E-state index < -0.39 is 17.4 Å². The van der Waals surface area contributed by atoms with Gasteiger partial charge in [-0.3, -0.25) is 9.59 Å². The van der Waals surface area contributed by atoms with Gasteiger partial charge in [-0.15, -0.1) is 11.8 Å². The lowest BCUT2D eigenvalue weighted by Crippen LogP contribution is -2.40. The average Bonchev–Trinajstić information content (AvgIpc) is 3.01. The van der Waals surface area contributed by atoms with Gasteiger partial charge in [0.2, 0.25) is 0 Å². The molecule has 1 saturated carbocycles. The normalized spacial score (nSPS) is 21.7. The molecule has 1 aliphatic rings. The van der Waals surface area contributed by atoms with Gasteiger partial charge in [-0.05, 0) is 50.7 Å². The molecule has 2 atom stereocenters. The van der Waals surface area contributed by atoms with E-state index in [1.165, 1.54) is 4.90 Å². The molecule has 0 saturated heterocycles. The van der Waals surface area contributed by atoms with E-state index in [-0.39, 0.29) is 13.2 Å². The van der Waals surface area contributed by atoms with Crippen LogP contribution in [0, 0.1) is 17.3 Å². The van der Waals surface area contributed by atoms with Gasteiger partial charge in [0.15, 0.2) is 5.41 Å². The van der Waals surface area contributed by atoms with Crippen molar-refractivity contribution in [2.45, 2.75) is 44.9 Å². The molecular formula is C20H28O4S. The maximum atomic E-state index is 12.6. The molecule has 1 aliphatic carbocycles. The van der Waals surface area contributed by atoms with Crippen LogP contribution in [-0.4, -0.2) is 30.9 Å². The van der Waals surface area contributed by atoms with Gasteiger partial charge in [0.05, 0.1) is 13.2 Å². The van der Waals surface area contributed by atoms with E-state index >= 15 is 0 Å². The monoisotopic (exact) mass is 364 g/mol. The van der Waals surface area contributed by atoms with Gasteiger partial charge in [0.1, 0.15) is 0 Å². The molecule has 25 heavy (non-hydrogen) atoms. The lowest BCUT2D eigenvalue weighted by Gasteiger charge is -2.24. The molecule has 1 fully saturated rings. The first-order chi connectivity index (χ1) is 12.1. The molecule has 0 heterocycles. The Morgan fingerprint density at radius 1 is 1.00 bits per heavy atom. The molecule has 0 bridgehead atoms. The summed E-state index contributed by atoms with van der Waals surface area (Å²) >= 11 is 1.78. The predicted octanol–water partition coefficient (Wildman–Crippen LogP) is 4.33. The molecule has 2 unspecified atom stereocenters. The Labute approximate surface area is 154 Å². The second-order valence-corrected chi connectivity index (χ2v) is 7.58. The first kappa shape index (κ1) is 19.8. The fourth-order valence-electron chi connectivity index (χ4n) is 3.66. The van der Waals surface area contributed by atoms with Gasteiger partial charge in [-0.25, -0.2) is 0 Å². The first-order valence-corrected chi connectivity index (χ1v) is 10.1. The minimum Gasteiger partial charge on any atom is -0.465 e. The summed E-state index contributed by atoms with van der Waals surface area (Å²) < 4.78 is 10.5. The van der Waals surface area contributed by atoms with Crippen molar-refractivity contribution in [2.75, 3.05) is 19.0 Å². The van der Waals surface area contributed by atoms with Crippen LogP contribution in [0.5, 0.6) is 0 Å². The Kier molecular flexibility index (Phi) is 7.36. The van der Waals surface area contributed by atoms with E-state index in [0.29, 0.717) is 24.7 Å². The lowest BCUT2D eigenvalue weighted by atomic mass is 9.84. The molecule has 0 aliphatic heterocycles. The Hall–Kier alpha value is -1.49. The Morgan fingerprint density at radius 3 is 2.08 bits per heavy atom. The SMILES string of the molecule is CCOC(=O)C1(C(=O)OCC)CC(CC)C(CSc2ccccc2)C1. The van der Waals surface area contributed by atoms with Crippen molar-refractivity contribution in [3.63, 3.8) is 0 Å². The van der Waals surface area contributed by atoms with Crippen LogP contribution in [0.4, 0.5) is 0 Å². The predicted molar refractivity (Wildman–Crippen MR) is 99.4 cm³/mol. The summed E-state index contributed by atoms with van der Waals surface area (Å²) in [6, 6.07) is 10.2. The van der Waals surface area contributed by atoms with Gasteiger partial charge in [-0.1, -0.05) is 31.5 Å². The molecule has 138 valence electrons. The van der Waals surface area contributed by atoms with E-state index in [9.17, 15) is 9.59 Å². The number of hydrogen-bond acceptors (Lipinski definition) is 5. The summed E-state index contributed by atoms with van der Waals surface area (Å²) in [5.41, 5.74) is -1.13. The third-order valence-corrected chi connectivity index (χ3v) is 6.15. The van der Waals surface area contributed by atoms with Crippen LogP contribution in [0.25, 0.3) is 0 Å². The van der Waals surface area contributed by atoms with Crippen molar-refractivity contribution >= 4 is 23.7 Å². The molecule has 1 aromatic carbocycles. The number of thioether (sulfide) groups is 1. The summed E-state index contributed by atoms with van der Waals surface area (Å²) in [5.74, 6) is 0.676. The zero-order valence-electron chi connectivity index (χ0n) is 15.3. The summed E-state index contributed by atoms with van der Waals surface area (Å²) in [7, 11) is 0. The Balaban J connectivity index is 2.16. The number of benzene rings is 1. The molecule has 0 aromatic heterocycles. The van der Waals surface area contributed by atoms with Crippen LogP contribution >= 0.6 is 11.8 Å². The Bertz CT molecular complexity index is 554. The molecular weight excluding hydrogens is 336 g/mol. The topological polar surface area (TPSA) is 52.6 Å². The molecule has 0 amide bonds. The molecule has 0 N–H and O–H groups in total. The van der Waals surface area contributed by atoms with Crippen molar-refractivity contribution in [1.82, 2.24) is 0 Å². The number of hydrogen-bond donors (Lipinski definition) is 0. The van der Waals surface area contributed by atoms with Crippen molar-refractivity contribution in [3.05, 3.63) is 30.3 Å². The second kappa shape index (κ2) is 9.27. The van der Waals surface area contributed by atoms with Gasteiger partial charge in [0.25, 0.3) is 0 Å². The number of carbonyl (C=O) groups is 2. The molecule has 5 heteroatoms. The lowest BCUT2D eigenvalue weighted by molar-refractivity contribution is -0.172. The third-order valence-electron chi connectivity index (χ3n) is 4.95. The average molecular weight is 365 g/mol. The highest BCUT2D eigenvalue weighted by Gasteiger charge is 2.56. The zero-order valence-corrected chi connectivity index (χ0v) is 16.1. The van der Waals surface area contributed by atoms with Gasteiger partial charge >= 0.3 is 11.9 Å². The van der Waals surface area contributed by atoms with E-state index in [0.717, 1.165) is 12.2 Å². The van der Waals surface area contributed by atoms with Crippen molar-refractivity contribution in [1.29, 1.82) is 0 Å². The van der Waals surface area contributed by atoms with Crippen molar-refractivity contribution in [3.8, 4) is 0 Å². The molecule has 4 nitrogen and oxygen atoms in total. The van der Waals surface area contributed by atoms with Gasteiger partial charge in [-0.2, -0.15) is 0 Å². The second-order valence-electron chi connectivity index (χ2n) is 6.48. The van der Waals surface area contributed by atoms with E-state index in [1.54, 1.807) is 25.6 Å². The third kappa shape index (κ3) is 4.57. The fraction of sp³-hybridized carbons (Fsp3) is 0.600.